The average Bonchev–Trinajstić information content (AvgIpc) is 3.00. The zero-order valence-corrected chi connectivity index (χ0v) is 19.3. The summed E-state index contributed by atoms with van der Waals surface area (Å²) in [6.07, 6.45) is -0.959. The van der Waals surface area contributed by atoms with Crippen LogP contribution in [0.4, 0.5) is 0 Å². The Labute approximate surface area is 185 Å². The lowest BCUT2D eigenvalue weighted by atomic mass is 9.94. The van der Waals surface area contributed by atoms with E-state index in [4.69, 9.17) is 18.9 Å². The molecule has 0 aromatic rings. The highest BCUT2D eigenvalue weighted by atomic mass is 16.7. The van der Waals surface area contributed by atoms with Crippen LogP contribution in [0.3, 0.4) is 0 Å². The maximum absolute atomic E-state index is 10.3. The molecule has 31 heavy (non-hydrogen) atoms. The Balaban J connectivity index is 1.86. The average molecular weight is 445 g/mol. The first kappa shape index (κ1) is 26.4. The normalized spacial score (nSPS) is 39.0. The van der Waals surface area contributed by atoms with Gasteiger partial charge in [0.25, 0.3) is 0 Å². The number of rotatable bonds is 10. The van der Waals surface area contributed by atoms with Gasteiger partial charge in [0.15, 0.2) is 12.6 Å². The molecule has 0 saturated carbocycles. The maximum atomic E-state index is 10.3. The molecule has 180 valence electrons. The maximum Gasteiger partial charge on any atom is 0.187 e. The summed E-state index contributed by atoms with van der Waals surface area (Å²) in [5.41, 5.74) is 2.44. The van der Waals surface area contributed by atoms with Crippen LogP contribution in [0, 0.1) is 11.8 Å². The fourth-order valence-electron chi connectivity index (χ4n) is 3.76. The SMILES string of the molecule is CC(C)=CCCC(C)=CCOC1OC(COC2OC(CO)C(C)C2C)C(O)C(O)C1O. The van der Waals surface area contributed by atoms with Gasteiger partial charge in [0.05, 0.1) is 25.9 Å². The van der Waals surface area contributed by atoms with Crippen molar-refractivity contribution < 1.29 is 39.4 Å². The van der Waals surface area contributed by atoms with Gasteiger partial charge >= 0.3 is 0 Å². The molecule has 2 aliphatic heterocycles. The monoisotopic (exact) mass is 444 g/mol. The summed E-state index contributed by atoms with van der Waals surface area (Å²) in [5.74, 6) is 0.183. The number of allylic oxidation sites excluding steroid dienone is 3. The lowest BCUT2D eigenvalue weighted by Gasteiger charge is -2.40. The fraction of sp³-hybridized carbons (Fsp3) is 0.826. The summed E-state index contributed by atoms with van der Waals surface area (Å²) in [6.45, 7) is 10.2. The lowest BCUT2D eigenvalue weighted by molar-refractivity contribution is -0.307. The number of hydrogen-bond acceptors (Lipinski definition) is 8. The van der Waals surface area contributed by atoms with E-state index in [9.17, 15) is 20.4 Å². The minimum absolute atomic E-state index is 0.0394. The fourth-order valence-corrected chi connectivity index (χ4v) is 3.76. The molecule has 2 saturated heterocycles. The van der Waals surface area contributed by atoms with E-state index in [0.717, 1.165) is 18.4 Å². The second-order valence-corrected chi connectivity index (χ2v) is 9.00. The summed E-state index contributed by atoms with van der Waals surface area (Å²) in [5, 5.41) is 40.2. The molecule has 2 aliphatic rings. The third kappa shape index (κ3) is 7.33. The van der Waals surface area contributed by atoms with E-state index in [1.165, 1.54) is 5.57 Å². The van der Waals surface area contributed by atoms with Gasteiger partial charge in [-0.3, -0.25) is 0 Å². The second-order valence-electron chi connectivity index (χ2n) is 9.00. The van der Waals surface area contributed by atoms with Crippen molar-refractivity contribution in [3.8, 4) is 0 Å². The Morgan fingerprint density at radius 1 is 0.839 bits per heavy atom. The summed E-state index contributed by atoms with van der Waals surface area (Å²) in [7, 11) is 0. The minimum Gasteiger partial charge on any atom is -0.394 e. The highest BCUT2D eigenvalue weighted by Crippen LogP contribution is 2.33. The van der Waals surface area contributed by atoms with E-state index in [1.807, 2.05) is 26.8 Å². The molecular formula is C23H40O8. The van der Waals surface area contributed by atoms with E-state index in [1.54, 1.807) is 0 Å². The van der Waals surface area contributed by atoms with Crippen LogP contribution in [-0.4, -0.2) is 83.3 Å². The van der Waals surface area contributed by atoms with Crippen molar-refractivity contribution in [1.82, 2.24) is 0 Å². The lowest BCUT2D eigenvalue weighted by Crippen LogP contribution is -2.59. The summed E-state index contributed by atoms with van der Waals surface area (Å²) in [4.78, 5) is 0. The molecule has 2 rings (SSSR count). The highest BCUT2D eigenvalue weighted by Gasteiger charge is 2.46. The Bertz CT molecular complexity index is 602. The summed E-state index contributed by atoms with van der Waals surface area (Å²) >= 11 is 0. The van der Waals surface area contributed by atoms with Crippen molar-refractivity contribution in [2.45, 2.75) is 90.6 Å². The van der Waals surface area contributed by atoms with Crippen LogP contribution in [0.25, 0.3) is 0 Å². The molecule has 0 bridgehead atoms. The van der Waals surface area contributed by atoms with E-state index >= 15 is 0 Å². The first-order chi connectivity index (χ1) is 14.6. The Morgan fingerprint density at radius 3 is 2.13 bits per heavy atom. The van der Waals surface area contributed by atoms with Gasteiger partial charge in [0, 0.05) is 5.92 Å². The standard InChI is InChI=1S/C23H40O8/c1-13(2)7-6-8-14(3)9-10-28-23-21(27)20(26)19(25)18(31-23)12-29-22-16(5)15(4)17(11-24)30-22/h7,9,15-27H,6,8,10-12H2,1-5H3. The highest BCUT2D eigenvalue weighted by molar-refractivity contribution is 5.02. The Hall–Kier alpha value is -0.840. The van der Waals surface area contributed by atoms with Crippen molar-refractivity contribution in [3.63, 3.8) is 0 Å². The van der Waals surface area contributed by atoms with E-state index in [2.05, 4.69) is 19.9 Å². The number of ether oxygens (including phenoxy) is 4. The van der Waals surface area contributed by atoms with Crippen molar-refractivity contribution in [2.24, 2.45) is 11.8 Å². The Morgan fingerprint density at radius 2 is 1.52 bits per heavy atom. The van der Waals surface area contributed by atoms with E-state index in [-0.39, 0.29) is 37.8 Å². The van der Waals surface area contributed by atoms with Crippen LogP contribution >= 0.6 is 0 Å². The van der Waals surface area contributed by atoms with Crippen LogP contribution in [0.5, 0.6) is 0 Å². The van der Waals surface area contributed by atoms with Crippen LogP contribution in [0.15, 0.2) is 23.3 Å². The zero-order valence-electron chi connectivity index (χ0n) is 19.3. The van der Waals surface area contributed by atoms with Crippen LogP contribution in [0.2, 0.25) is 0 Å². The molecule has 0 radical (unpaired) electrons. The topological polar surface area (TPSA) is 118 Å². The van der Waals surface area contributed by atoms with Gasteiger partial charge in [0.1, 0.15) is 24.4 Å². The summed E-state index contributed by atoms with van der Waals surface area (Å²) in [6, 6.07) is 0. The molecular weight excluding hydrogens is 404 g/mol. The van der Waals surface area contributed by atoms with Gasteiger partial charge in [-0.25, -0.2) is 0 Å². The largest absolute Gasteiger partial charge is 0.394 e. The van der Waals surface area contributed by atoms with Crippen LogP contribution < -0.4 is 0 Å². The van der Waals surface area contributed by atoms with Crippen molar-refractivity contribution in [1.29, 1.82) is 0 Å². The third-order valence-electron chi connectivity index (χ3n) is 6.21. The van der Waals surface area contributed by atoms with Gasteiger partial charge in [-0.2, -0.15) is 0 Å². The van der Waals surface area contributed by atoms with Gasteiger partial charge in [-0.1, -0.05) is 37.1 Å². The zero-order chi connectivity index (χ0) is 23.1. The van der Waals surface area contributed by atoms with Gasteiger partial charge < -0.3 is 39.4 Å². The molecule has 0 aromatic carbocycles. The first-order valence-electron chi connectivity index (χ1n) is 11.1. The van der Waals surface area contributed by atoms with Gasteiger partial charge in [-0.05, 0) is 39.5 Å². The molecule has 2 heterocycles. The molecule has 0 aliphatic carbocycles. The minimum atomic E-state index is -1.42. The molecule has 2 fully saturated rings. The van der Waals surface area contributed by atoms with Crippen molar-refractivity contribution in [3.05, 3.63) is 23.3 Å². The van der Waals surface area contributed by atoms with Gasteiger partial charge in [0.2, 0.25) is 0 Å². The molecule has 8 nitrogen and oxygen atoms in total. The van der Waals surface area contributed by atoms with Crippen LogP contribution in [-0.2, 0) is 18.9 Å². The third-order valence-corrected chi connectivity index (χ3v) is 6.21. The first-order valence-corrected chi connectivity index (χ1v) is 11.1. The smallest absolute Gasteiger partial charge is 0.187 e. The number of hydrogen-bond donors (Lipinski definition) is 4. The molecule has 0 spiro atoms. The second kappa shape index (κ2) is 12.4. The number of aliphatic hydroxyl groups is 4. The molecule has 9 atom stereocenters. The van der Waals surface area contributed by atoms with Crippen molar-refractivity contribution >= 4 is 0 Å². The molecule has 0 amide bonds. The van der Waals surface area contributed by atoms with Gasteiger partial charge in [-0.15, -0.1) is 0 Å². The van der Waals surface area contributed by atoms with Crippen LogP contribution in [0.1, 0.15) is 47.5 Å². The summed E-state index contributed by atoms with van der Waals surface area (Å²) < 4.78 is 22.8. The van der Waals surface area contributed by atoms with E-state index < -0.39 is 37.0 Å². The molecule has 9 unspecified atom stereocenters. The Kier molecular flexibility index (Phi) is 10.6. The number of aliphatic hydroxyl groups excluding tert-OH is 4. The van der Waals surface area contributed by atoms with Crippen molar-refractivity contribution in [2.75, 3.05) is 19.8 Å². The quantitative estimate of drug-likeness (QED) is 0.375. The predicted octanol–water partition coefficient (Wildman–Crippen LogP) is 1.51. The molecule has 8 heteroatoms. The molecule has 0 aromatic heterocycles. The van der Waals surface area contributed by atoms with E-state index in [0.29, 0.717) is 0 Å². The molecule has 4 N–H and O–H groups in total. The predicted molar refractivity (Wildman–Crippen MR) is 115 cm³/mol.